The number of alkyl halides is 3. The largest absolute Gasteiger partial charge is 0.418 e. The molecule has 0 radical (unpaired) electrons. The number of para-hydroxylation sites is 2. The molecule has 2 amide bonds. The molecule has 1 aliphatic rings. The number of carbonyl (C=O) groups is 2. The van der Waals surface area contributed by atoms with Crippen LogP contribution in [0, 0.1) is 0 Å². The number of rotatable bonds is 4. The number of hydrogen-bond acceptors (Lipinski definition) is 2. The molecule has 0 aromatic heterocycles. The lowest BCUT2D eigenvalue weighted by Crippen LogP contribution is -2.39. The van der Waals surface area contributed by atoms with E-state index in [1.165, 1.54) is 25.1 Å². The highest BCUT2D eigenvalue weighted by molar-refractivity contribution is 5.98. The molecule has 7 heteroatoms. The Morgan fingerprint density at radius 2 is 1.75 bits per heavy atom. The van der Waals surface area contributed by atoms with Crippen molar-refractivity contribution in [1.29, 1.82) is 0 Å². The third kappa shape index (κ3) is 3.88. The Bertz CT molecular complexity index is 895. The molecule has 0 bridgehead atoms. The van der Waals surface area contributed by atoms with Crippen molar-refractivity contribution in [3.63, 3.8) is 0 Å². The van der Waals surface area contributed by atoms with Crippen molar-refractivity contribution in [2.75, 3.05) is 16.3 Å². The summed E-state index contributed by atoms with van der Waals surface area (Å²) in [7, 11) is 0. The van der Waals surface area contributed by atoms with E-state index in [0.29, 0.717) is 0 Å². The SMILES string of the molecule is CC(=O)N(CCC(=O)N1c2ccccc2CC1C)c1ccccc1C(F)(F)F. The molecule has 148 valence electrons. The Kier molecular flexibility index (Phi) is 5.45. The van der Waals surface area contributed by atoms with E-state index >= 15 is 0 Å². The second kappa shape index (κ2) is 7.66. The van der Waals surface area contributed by atoms with Gasteiger partial charge in [-0.2, -0.15) is 13.2 Å². The van der Waals surface area contributed by atoms with Crippen molar-refractivity contribution >= 4 is 23.2 Å². The van der Waals surface area contributed by atoms with Crippen LogP contribution in [-0.4, -0.2) is 24.4 Å². The summed E-state index contributed by atoms with van der Waals surface area (Å²) in [6.45, 7) is 3.01. The predicted molar refractivity (Wildman–Crippen MR) is 101 cm³/mol. The van der Waals surface area contributed by atoms with Gasteiger partial charge in [-0.15, -0.1) is 0 Å². The summed E-state index contributed by atoms with van der Waals surface area (Å²) >= 11 is 0. The summed E-state index contributed by atoms with van der Waals surface area (Å²) in [5.74, 6) is -0.757. The Morgan fingerprint density at radius 1 is 1.11 bits per heavy atom. The third-order valence-electron chi connectivity index (χ3n) is 4.91. The molecule has 0 saturated carbocycles. The van der Waals surface area contributed by atoms with Crippen molar-refractivity contribution in [3.05, 3.63) is 59.7 Å². The van der Waals surface area contributed by atoms with Crippen LogP contribution in [-0.2, 0) is 22.2 Å². The fourth-order valence-corrected chi connectivity index (χ4v) is 3.67. The summed E-state index contributed by atoms with van der Waals surface area (Å²) in [5.41, 5.74) is 0.766. The zero-order valence-corrected chi connectivity index (χ0v) is 15.7. The molecule has 0 saturated heterocycles. The second-order valence-corrected chi connectivity index (χ2v) is 6.88. The molecule has 0 N–H and O–H groups in total. The molecule has 2 aromatic rings. The van der Waals surface area contributed by atoms with Gasteiger partial charge < -0.3 is 9.80 Å². The van der Waals surface area contributed by atoms with E-state index in [1.54, 1.807) is 4.90 Å². The van der Waals surface area contributed by atoms with Gasteiger partial charge in [0.1, 0.15) is 0 Å². The van der Waals surface area contributed by atoms with E-state index in [2.05, 4.69) is 0 Å². The van der Waals surface area contributed by atoms with Crippen LogP contribution in [0.15, 0.2) is 48.5 Å². The molecule has 4 nitrogen and oxygen atoms in total. The van der Waals surface area contributed by atoms with Crippen LogP contribution in [0.5, 0.6) is 0 Å². The summed E-state index contributed by atoms with van der Waals surface area (Å²) in [4.78, 5) is 27.6. The monoisotopic (exact) mass is 390 g/mol. The first-order valence-electron chi connectivity index (χ1n) is 9.04. The second-order valence-electron chi connectivity index (χ2n) is 6.88. The normalized spacial score (nSPS) is 16.0. The van der Waals surface area contributed by atoms with Gasteiger partial charge in [0.25, 0.3) is 0 Å². The molecule has 0 fully saturated rings. The molecule has 1 unspecified atom stereocenters. The highest BCUT2D eigenvalue weighted by atomic mass is 19.4. The van der Waals surface area contributed by atoms with Gasteiger partial charge in [-0.05, 0) is 37.1 Å². The van der Waals surface area contributed by atoms with Crippen molar-refractivity contribution in [3.8, 4) is 0 Å². The Labute approximate surface area is 161 Å². The van der Waals surface area contributed by atoms with E-state index in [0.717, 1.165) is 28.6 Å². The lowest BCUT2D eigenvalue weighted by Gasteiger charge is -2.27. The molecule has 2 aromatic carbocycles. The van der Waals surface area contributed by atoms with Crippen LogP contribution in [0.25, 0.3) is 0 Å². The molecule has 0 spiro atoms. The van der Waals surface area contributed by atoms with Crippen LogP contribution in [0.4, 0.5) is 24.5 Å². The lowest BCUT2D eigenvalue weighted by molar-refractivity contribution is -0.137. The van der Waals surface area contributed by atoms with Gasteiger partial charge in [0.05, 0.1) is 11.3 Å². The standard InChI is InChI=1S/C21H21F3N2O2/c1-14-13-16-7-3-5-9-18(16)26(14)20(28)11-12-25(15(2)27)19-10-6-4-8-17(19)21(22,23)24/h3-10,14H,11-13H2,1-2H3. The van der Waals surface area contributed by atoms with E-state index in [9.17, 15) is 22.8 Å². The Balaban J connectivity index is 1.81. The van der Waals surface area contributed by atoms with Gasteiger partial charge in [-0.3, -0.25) is 9.59 Å². The summed E-state index contributed by atoms with van der Waals surface area (Å²) in [6, 6.07) is 12.5. The molecular weight excluding hydrogens is 369 g/mol. The van der Waals surface area contributed by atoms with Gasteiger partial charge >= 0.3 is 6.18 Å². The number of benzene rings is 2. The third-order valence-corrected chi connectivity index (χ3v) is 4.91. The molecular formula is C21H21F3N2O2. The minimum Gasteiger partial charge on any atom is -0.312 e. The minimum absolute atomic E-state index is 0.0295. The number of nitrogens with zero attached hydrogens (tertiary/aromatic N) is 2. The van der Waals surface area contributed by atoms with Crippen LogP contribution in [0.3, 0.4) is 0 Å². The van der Waals surface area contributed by atoms with Gasteiger partial charge in [0.15, 0.2) is 0 Å². The van der Waals surface area contributed by atoms with Gasteiger partial charge in [-0.25, -0.2) is 0 Å². The molecule has 1 heterocycles. The highest BCUT2D eigenvalue weighted by Crippen LogP contribution is 2.37. The Hall–Kier alpha value is -2.83. The van der Waals surface area contributed by atoms with E-state index in [4.69, 9.17) is 0 Å². The van der Waals surface area contributed by atoms with Crippen LogP contribution in [0.1, 0.15) is 31.4 Å². The van der Waals surface area contributed by atoms with E-state index < -0.39 is 17.6 Å². The zero-order chi connectivity index (χ0) is 20.5. The number of anilines is 2. The molecule has 1 aliphatic heterocycles. The van der Waals surface area contributed by atoms with Gasteiger partial charge in [0, 0.05) is 31.6 Å². The number of carbonyl (C=O) groups excluding carboxylic acids is 2. The maximum absolute atomic E-state index is 13.3. The van der Waals surface area contributed by atoms with E-state index in [1.807, 2.05) is 31.2 Å². The van der Waals surface area contributed by atoms with Crippen molar-refractivity contribution in [2.24, 2.45) is 0 Å². The summed E-state index contributed by atoms with van der Waals surface area (Å²) < 4.78 is 40.0. The molecule has 0 aliphatic carbocycles. The van der Waals surface area contributed by atoms with Crippen molar-refractivity contribution in [2.45, 2.75) is 38.9 Å². The number of amides is 2. The lowest BCUT2D eigenvalue weighted by atomic mass is 10.1. The number of hydrogen-bond donors (Lipinski definition) is 0. The average molecular weight is 390 g/mol. The Morgan fingerprint density at radius 3 is 2.43 bits per heavy atom. The summed E-state index contributed by atoms with van der Waals surface area (Å²) in [6.07, 6.45) is -3.92. The first-order chi connectivity index (χ1) is 13.2. The summed E-state index contributed by atoms with van der Waals surface area (Å²) in [5, 5.41) is 0. The molecule has 3 rings (SSSR count). The number of halogens is 3. The van der Waals surface area contributed by atoms with Crippen LogP contribution in [0.2, 0.25) is 0 Å². The molecule has 1 atom stereocenters. The molecule has 28 heavy (non-hydrogen) atoms. The number of fused-ring (bicyclic) bond motifs is 1. The van der Waals surface area contributed by atoms with Crippen LogP contribution >= 0.6 is 0 Å². The van der Waals surface area contributed by atoms with Crippen molar-refractivity contribution in [1.82, 2.24) is 0 Å². The first-order valence-corrected chi connectivity index (χ1v) is 9.04. The fraction of sp³-hybridized carbons (Fsp3) is 0.333. The maximum Gasteiger partial charge on any atom is 0.418 e. The fourth-order valence-electron chi connectivity index (χ4n) is 3.67. The average Bonchev–Trinajstić information content (AvgIpc) is 2.96. The maximum atomic E-state index is 13.3. The van der Waals surface area contributed by atoms with Crippen molar-refractivity contribution < 1.29 is 22.8 Å². The quantitative estimate of drug-likeness (QED) is 0.775. The predicted octanol–water partition coefficient (Wildman–Crippen LogP) is 4.43. The minimum atomic E-state index is -4.59. The first kappa shape index (κ1) is 19.9. The topological polar surface area (TPSA) is 40.6 Å². The van der Waals surface area contributed by atoms with Crippen LogP contribution < -0.4 is 9.80 Å². The highest BCUT2D eigenvalue weighted by Gasteiger charge is 2.36. The van der Waals surface area contributed by atoms with E-state index in [-0.39, 0.29) is 30.6 Å². The van der Waals surface area contributed by atoms with Gasteiger partial charge in [0.2, 0.25) is 11.8 Å². The zero-order valence-electron chi connectivity index (χ0n) is 15.7. The smallest absolute Gasteiger partial charge is 0.312 e. The van der Waals surface area contributed by atoms with Gasteiger partial charge in [-0.1, -0.05) is 30.3 Å².